The van der Waals surface area contributed by atoms with Crippen molar-refractivity contribution in [3.63, 3.8) is 0 Å². The Morgan fingerprint density at radius 3 is 2.66 bits per heavy atom. The van der Waals surface area contributed by atoms with E-state index in [2.05, 4.69) is 25.1 Å². The minimum absolute atomic E-state index is 0.160. The van der Waals surface area contributed by atoms with Crippen LogP contribution in [0.2, 0.25) is 0 Å². The molecule has 3 aromatic heterocycles. The van der Waals surface area contributed by atoms with Gasteiger partial charge in [-0.15, -0.1) is 0 Å². The molecule has 0 saturated heterocycles. The first-order valence-corrected chi connectivity index (χ1v) is 10.0. The van der Waals surface area contributed by atoms with Crippen LogP contribution in [0.3, 0.4) is 0 Å². The van der Waals surface area contributed by atoms with Crippen molar-refractivity contribution in [2.24, 2.45) is 0 Å². The summed E-state index contributed by atoms with van der Waals surface area (Å²) in [5, 5.41) is 3.97. The van der Waals surface area contributed by atoms with Crippen molar-refractivity contribution in [2.45, 2.75) is 26.3 Å². The van der Waals surface area contributed by atoms with Crippen molar-refractivity contribution in [3.05, 3.63) is 77.8 Å². The minimum Gasteiger partial charge on any atom is -0.339 e. The van der Waals surface area contributed by atoms with Gasteiger partial charge < -0.3 is 9.42 Å². The van der Waals surface area contributed by atoms with E-state index in [9.17, 15) is 9.18 Å². The zero-order valence-corrected chi connectivity index (χ0v) is 17.9. The lowest BCUT2D eigenvalue weighted by molar-refractivity contribution is 0.0742. The number of likely N-dealkylation sites (N-methyl/N-ethyl adjacent to an activating group) is 1. The predicted molar refractivity (Wildman–Crippen MR) is 115 cm³/mol. The van der Waals surface area contributed by atoms with Gasteiger partial charge in [0.1, 0.15) is 11.5 Å². The van der Waals surface area contributed by atoms with Gasteiger partial charge in [-0.1, -0.05) is 22.9 Å². The second-order valence-electron chi connectivity index (χ2n) is 7.47. The first-order chi connectivity index (χ1) is 15.4. The molecule has 0 aliphatic carbocycles. The molecule has 4 aromatic rings. The van der Waals surface area contributed by atoms with E-state index in [0.717, 1.165) is 11.8 Å². The summed E-state index contributed by atoms with van der Waals surface area (Å²) in [7, 11) is 1.73. The van der Waals surface area contributed by atoms with Crippen LogP contribution in [0.5, 0.6) is 0 Å². The van der Waals surface area contributed by atoms with Gasteiger partial charge >= 0.3 is 0 Å². The van der Waals surface area contributed by atoms with Crippen LogP contribution in [0.15, 0.2) is 59.5 Å². The van der Waals surface area contributed by atoms with E-state index in [4.69, 9.17) is 4.52 Å². The molecular formula is C23H21FN6O2. The summed E-state index contributed by atoms with van der Waals surface area (Å²) in [5.41, 5.74) is 2.54. The van der Waals surface area contributed by atoms with Gasteiger partial charge in [-0.05, 0) is 38.1 Å². The fourth-order valence-electron chi connectivity index (χ4n) is 3.20. The van der Waals surface area contributed by atoms with E-state index in [1.165, 1.54) is 12.1 Å². The molecule has 162 valence electrons. The lowest BCUT2D eigenvalue weighted by atomic mass is 10.0. The Morgan fingerprint density at radius 2 is 1.94 bits per heavy atom. The van der Waals surface area contributed by atoms with Crippen LogP contribution in [0.1, 0.15) is 28.7 Å². The van der Waals surface area contributed by atoms with Gasteiger partial charge in [0.25, 0.3) is 11.8 Å². The number of amides is 1. The van der Waals surface area contributed by atoms with E-state index in [-0.39, 0.29) is 17.8 Å². The molecule has 0 fully saturated rings. The lowest BCUT2D eigenvalue weighted by Crippen LogP contribution is -2.37. The topological polar surface area (TPSA) is 97.9 Å². The molecule has 0 N–H and O–H groups in total. The Kier molecular flexibility index (Phi) is 5.98. The van der Waals surface area contributed by atoms with Crippen molar-refractivity contribution in [3.8, 4) is 23.0 Å². The quantitative estimate of drug-likeness (QED) is 0.458. The number of carbonyl (C=O) groups excluding carboxylic acids is 1. The zero-order chi connectivity index (χ0) is 22.7. The predicted octanol–water partition coefficient (Wildman–Crippen LogP) is 3.74. The van der Waals surface area contributed by atoms with Crippen LogP contribution in [-0.2, 0) is 6.42 Å². The van der Waals surface area contributed by atoms with E-state index in [1.807, 2.05) is 32.0 Å². The molecule has 32 heavy (non-hydrogen) atoms. The third kappa shape index (κ3) is 4.51. The minimum atomic E-state index is -0.446. The van der Waals surface area contributed by atoms with Gasteiger partial charge in [0.05, 0.1) is 11.8 Å². The summed E-state index contributed by atoms with van der Waals surface area (Å²) in [5.74, 6) is 0.510. The average Bonchev–Trinajstić information content (AvgIpc) is 3.27. The average molecular weight is 432 g/mol. The van der Waals surface area contributed by atoms with Crippen molar-refractivity contribution in [1.82, 2.24) is 30.0 Å². The van der Waals surface area contributed by atoms with Crippen molar-refractivity contribution < 1.29 is 13.7 Å². The molecule has 0 spiro atoms. The number of carbonyl (C=O) groups is 1. The highest BCUT2D eigenvalue weighted by Gasteiger charge is 2.23. The molecule has 9 heteroatoms. The number of halogens is 1. The molecule has 0 unspecified atom stereocenters. The van der Waals surface area contributed by atoms with Crippen LogP contribution in [0.4, 0.5) is 4.39 Å². The number of hydrogen-bond donors (Lipinski definition) is 0. The monoisotopic (exact) mass is 432 g/mol. The van der Waals surface area contributed by atoms with Gasteiger partial charge in [0, 0.05) is 37.5 Å². The van der Waals surface area contributed by atoms with Crippen LogP contribution >= 0.6 is 0 Å². The maximum Gasteiger partial charge on any atom is 0.276 e. The summed E-state index contributed by atoms with van der Waals surface area (Å²) < 4.78 is 18.3. The molecule has 3 heterocycles. The summed E-state index contributed by atoms with van der Waals surface area (Å²) in [6.07, 6.45) is 4.75. The smallest absolute Gasteiger partial charge is 0.276 e. The lowest BCUT2D eigenvalue weighted by Gasteiger charge is -2.25. The van der Waals surface area contributed by atoms with Crippen LogP contribution in [0.25, 0.3) is 23.0 Å². The molecule has 4 rings (SSSR count). The van der Waals surface area contributed by atoms with E-state index in [0.29, 0.717) is 34.9 Å². The molecule has 1 amide bonds. The summed E-state index contributed by atoms with van der Waals surface area (Å²) in [6.45, 7) is 3.83. The molecule has 0 radical (unpaired) electrons. The summed E-state index contributed by atoms with van der Waals surface area (Å²) >= 11 is 0. The van der Waals surface area contributed by atoms with Gasteiger partial charge in [0.15, 0.2) is 11.6 Å². The number of hydrogen-bond acceptors (Lipinski definition) is 7. The molecule has 0 saturated carbocycles. The molecular weight excluding hydrogens is 411 g/mol. The third-order valence-corrected chi connectivity index (χ3v) is 5.09. The van der Waals surface area contributed by atoms with Crippen molar-refractivity contribution in [2.75, 3.05) is 7.05 Å². The highest BCUT2D eigenvalue weighted by atomic mass is 19.1. The Hall–Kier alpha value is -4.01. The van der Waals surface area contributed by atoms with Gasteiger partial charge in [-0.3, -0.25) is 4.79 Å². The van der Waals surface area contributed by atoms with Gasteiger partial charge in [-0.25, -0.2) is 19.3 Å². The van der Waals surface area contributed by atoms with Crippen molar-refractivity contribution in [1.29, 1.82) is 0 Å². The number of aromatic nitrogens is 5. The molecule has 0 bridgehead atoms. The first kappa shape index (κ1) is 21.2. The summed E-state index contributed by atoms with van der Waals surface area (Å²) in [6, 6.07) is 9.87. The molecule has 1 atom stereocenters. The highest BCUT2D eigenvalue weighted by Crippen LogP contribution is 2.24. The van der Waals surface area contributed by atoms with Crippen molar-refractivity contribution >= 4 is 5.91 Å². The summed E-state index contributed by atoms with van der Waals surface area (Å²) in [4.78, 5) is 31.8. The number of aryl methyl sites for hydroxylation is 1. The van der Waals surface area contributed by atoms with E-state index >= 15 is 0 Å². The number of benzene rings is 1. The highest BCUT2D eigenvalue weighted by molar-refractivity contribution is 6.00. The van der Waals surface area contributed by atoms with Crippen LogP contribution in [0, 0.1) is 12.7 Å². The third-order valence-electron chi connectivity index (χ3n) is 5.09. The van der Waals surface area contributed by atoms with E-state index < -0.39 is 5.82 Å². The van der Waals surface area contributed by atoms with E-state index in [1.54, 1.807) is 30.4 Å². The molecule has 0 aliphatic rings. The molecule has 0 aliphatic heterocycles. The second kappa shape index (κ2) is 9.01. The first-order valence-electron chi connectivity index (χ1n) is 10.0. The normalized spacial score (nSPS) is 11.9. The fraction of sp³-hybridized carbons (Fsp3) is 0.217. The Bertz CT molecular complexity index is 1230. The molecule has 1 aromatic carbocycles. The SMILES string of the molecule is Cc1ccc(-c2ncccn2)c(C(=O)N(C)[C@@H](C)Cc2noc(-c3ccc(F)cn3)n2)c1. The second-order valence-corrected chi connectivity index (χ2v) is 7.47. The largest absolute Gasteiger partial charge is 0.339 e. The zero-order valence-electron chi connectivity index (χ0n) is 17.9. The number of pyridine rings is 1. The Labute approximate surface area is 184 Å². The fourth-order valence-corrected chi connectivity index (χ4v) is 3.20. The van der Waals surface area contributed by atoms with Crippen LogP contribution < -0.4 is 0 Å². The molecule has 8 nitrogen and oxygen atoms in total. The standard InChI is InChI=1S/C23H21FN6O2/c1-14-5-7-17(21-25-9-4-10-26-21)18(11-14)23(31)30(3)15(2)12-20-28-22(32-29-20)19-8-6-16(24)13-27-19/h4-11,13,15H,12H2,1-3H3/t15-/m0/s1. The van der Waals surface area contributed by atoms with Gasteiger partial charge in [-0.2, -0.15) is 4.98 Å². The Morgan fingerprint density at radius 1 is 1.16 bits per heavy atom. The number of nitrogens with zero attached hydrogens (tertiary/aromatic N) is 6. The van der Waals surface area contributed by atoms with Crippen LogP contribution in [-0.4, -0.2) is 49.0 Å². The Balaban J connectivity index is 1.53. The maximum absolute atomic E-state index is 13.3. The van der Waals surface area contributed by atoms with Gasteiger partial charge in [0.2, 0.25) is 0 Å². The maximum atomic E-state index is 13.3. The number of rotatable bonds is 6.